The summed E-state index contributed by atoms with van der Waals surface area (Å²) < 4.78 is 5.23. The molecule has 1 aromatic heterocycles. The van der Waals surface area contributed by atoms with Crippen molar-refractivity contribution in [3.8, 4) is 5.75 Å². The lowest BCUT2D eigenvalue weighted by Crippen LogP contribution is -2.14. The molecule has 0 aliphatic heterocycles. The number of aromatic carboxylic acids is 1. The van der Waals surface area contributed by atoms with Crippen LogP contribution in [0.25, 0.3) is 0 Å². The Labute approximate surface area is 126 Å². The number of carbonyl (C=O) groups is 2. The third-order valence-corrected chi connectivity index (χ3v) is 3.85. The van der Waals surface area contributed by atoms with Gasteiger partial charge in [0, 0.05) is 6.42 Å². The molecule has 0 aliphatic rings. The van der Waals surface area contributed by atoms with Crippen LogP contribution in [0.3, 0.4) is 0 Å². The maximum atomic E-state index is 11.9. The van der Waals surface area contributed by atoms with Gasteiger partial charge in [-0.15, -0.1) is 11.3 Å². The molecule has 0 bridgehead atoms. The minimum absolute atomic E-state index is 0.139. The number of hydrogen-bond donors (Lipinski definition) is 2. The molecule has 0 atom stereocenters. The van der Waals surface area contributed by atoms with Crippen LogP contribution in [0, 0.1) is 0 Å². The summed E-state index contributed by atoms with van der Waals surface area (Å²) in [5, 5.41) is 13.3. The molecule has 1 amide bonds. The molecule has 0 spiro atoms. The van der Waals surface area contributed by atoms with Crippen LogP contribution < -0.4 is 10.1 Å². The first-order chi connectivity index (χ1) is 10.1. The normalized spacial score (nSPS) is 10.1. The fourth-order valence-electron chi connectivity index (χ4n) is 1.94. The second-order valence-corrected chi connectivity index (χ2v) is 5.24. The van der Waals surface area contributed by atoms with E-state index in [-0.39, 0.29) is 17.2 Å². The average Bonchev–Trinajstić information content (AvgIpc) is 2.93. The highest BCUT2D eigenvalue weighted by Gasteiger charge is 2.14. The fourth-order valence-corrected chi connectivity index (χ4v) is 2.63. The third-order valence-electron chi connectivity index (χ3n) is 2.95. The van der Waals surface area contributed by atoms with Gasteiger partial charge in [0.25, 0.3) is 0 Å². The lowest BCUT2D eigenvalue weighted by Gasteiger charge is -2.08. The second kappa shape index (κ2) is 6.90. The second-order valence-electron chi connectivity index (χ2n) is 4.33. The van der Waals surface area contributed by atoms with Gasteiger partial charge in [-0.25, -0.2) is 4.79 Å². The number of amides is 1. The molecule has 6 heteroatoms. The molecule has 1 aromatic carbocycles. The molecular formula is C15H15NO4S. The van der Waals surface area contributed by atoms with Gasteiger partial charge < -0.3 is 15.2 Å². The van der Waals surface area contributed by atoms with Crippen molar-refractivity contribution in [2.75, 3.05) is 12.4 Å². The predicted molar refractivity (Wildman–Crippen MR) is 81.2 cm³/mol. The first-order valence-corrected chi connectivity index (χ1v) is 7.22. The summed E-state index contributed by atoms with van der Waals surface area (Å²) in [4.78, 5) is 23.0. The van der Waals surface area contributed by atoms with E-state index in [1.54, 1.807) is 18.6 Å². The Morgan fingerprint density at radius 1 is 1.29 bits per heavy atom. The van der Waals surface area contributed by atoms with Gasteiger partial charge in [0.05, 0.1) is 12.8 Å². The number of anilines is 1. The van der Waals surface area contributed by atoms with Crippen molar-refractivity contribution in [2.24, 2.45) is 0 Å². The van der Waals surface area contributed by atoms with E-state index in [0.717, 1.165) is 22.6 Å². The zero-order valence-electron chi connectivity index (χ0n) is 11.5. The van der Waals surface area contributed by atoms with Gasteiger partial charge in [0.15, 0.2) is 0 Å². The smallest absolute Gasteiger partial charge is 0.348 e. The van der Waals surface area contributed by atoms with Crippen molar-refractivity contribution >= 4 is 28.9 Å². The Morgan fingerprint density at radius 2 is 2.05 bits per heavy atom. The number of carbonyl (C=O) groups excluding carboxylic acids is 1. The van der Waals surface area contributed by atoms with Gasteiger partial charge in [-0.1, -0.05) is 18.2 Å². The minimum Gasteiger partial charge on any atom is -0.496 e. The summed E-state index contributed by atoms with van der Waals surface area (Å²) in [5.74, 6) is -0.515. The van der Waals surface area contributed by atoms with E-state index in [4.69, 9.17) is 9.84 Å². The van der Waals surface area contributed by atoms with E-state index in [0.29, 0.717) is 12.1 Å². The van der Waals surface area contributed by atoms with Crippen LogP contribution in [0.15, 0.2) is 35.7 Å². The number of nitrogens with one attached hydrogen (secondary N) is 1. The Hall–Kier alpha value is -2.34. The highest BCUT2D eigenvalue weighted by molar-refractivity contribution is 7.12. The highest BCUT2D eigenvalue weighted by Crippen LogP contribution is 2.23. The Balaban J connectivity index is 1.96. The number of carboxylic acids is 1. The van der Waals surface area contributed by atoms with Gasteiger partial charge in [-0.05, 0) is 29.5 Å². The number of thiophene rings is 1. The number of methoxy groups -OCH3 is 1. The molecule has 21 heavy (non-hydrogen) atoms. The molecule has 0 radical (unpaired) electrons. The number of rotatable bonds is 6. The van der Waals surface area contributed by atoms with Crippen molar-refractivity contribution in [1.82, 2.24) is 0 Å². The van der Waals surface area contributed by atoms with Crippen LogP contribution >= 0.6 is 11.3 Å². The van der Waals surface area contributed by atoms with Gasteiger partial charge in [-0.2, -0.15) is 0 Å². The monoisotopic (exact) mass is 305 g/mol. The molecule has 0 fully saturated rings. The number of benzene rings is 1. The quantitative estimate of drug-likeness (QED) is 0.860. The Morgan fingerprint density at radius 3 is 2.76 bits per heavy atom. The van der Waals surface area contributed by atoms with E-state index in [2.05, 4.69) is 5.32 Å². The standard InChI is InChI=1S/C15H15NO4S/c1-20-12-5-3-2-4-10(12)6-7-13(17)16-11-8-9-21-14(11)15(18)19/h2-5,8-9H,6-7H2,1H3,(H,16,17)(H,18,19). The summed E-state index contributed by atoms with van der Waals surface area (Å²) in [5.41, 5.74) is 1.29. The maximum Gasteiger partial charge on any atom is 0.348 e. The van der Waals surface area contributed by atoms with Crippen LogP contribution in [0.1, 0.15) is 21.7 Å². The molecule has 0 saturated heterocycles. The van der Waals surface area contributed by atoms with Gasteiger partial charge >= 0.3 is 5.97 Å². The first kappa shape index (κ1) is 15.1. The molecule has 2 aromatic rings. The number of carboxylic acid groups (broad SMARTS) is 1. The lowest BCUT2D eigenvalue weighted by molar-refractivity contribution is -0.116. The molecule has 1 heterocycles. The van der Waals surface area contributed by atoms with E-state index >= 15 is 0 Å². The highest BCUT2D eigenvalue weighted by atomic mass is 32.1. The number of para-hydroxylation sites is 1. The first-order valence-electron chi connectivity index (χ1n) is 6.34. The average molecular weight is 305 g/mol. The minimum atomic E-state index is -1.04. The van der Waals surface area contributed by atoms with Crippen LogP contribution in [-0.2, 0) is 11.2 Å². The van der Waals surface area contributed by atoms with Crippen LogP contribution in [0.2, 0.25) is 0 Å². The fraction of sp³-hybridized carbons (Fsp3) is 0.200. The van der Waals surface area contributed by atoms with E-state index in [9.17, 15) is 9.59 Å². The summed E-state index contributed by atoms with van der Waals surface area (Å²) >= 11 is 1.09. The SMILES string of the molecule is COc1ccccc1CCC(=O)Nc1ccsc1C(=O)O. The lowest BCUT2D eigenvalue weighted by atomic mass is 10.1. The largest absolute Gasteiger partial charge is 0.496 e. The summed E-state index contributed by atoms with van der Waals surface area (Å²) in [6, 6.07) is 9.09. The van der Waals surface area contributed by atoms with Gasteiger partial charge in [0.1, 0.15) is 10.6 Å². The number of hydrogen-bond acceptors (Lipinski definition) is 4. The maximum absolute atomic E-state index is 11.9. The van der Waals surface area contributed by atoms with Crippen LogP contribution in [0.5, 0.6) is 5.75 Å². The van der Waals surface area contributed by atoms with Crippen molar-refractivity contribution in [3.63, 3.8) is 0 Å². The number of ether oxygens (including phenoxy) is 1. The van der Waals surface area contributed by atoms with E-state index < -0.39 is 5.97 Å². The predicted octanol–water partition coefficient (Wildman–Crippen LogP) is 3.03. The topological polar surface area (TPSA) is 75.6 Å². The third kappa shape index (κ3) is 3.82. The molecule has 0 saturated carbocycles. The van der Waals surface area contributed by atoms with Gasteiger partial charge in [0.2, 0.25) is 5.91 Å². The van der Waals surface area contributed by atoms with E-state index in [1.165, 1.54) is 0 Å². The Bertz CT molecular complexity index is 651. The molecule has 5 nitrogen and oxygen atoms in total. The van der Waals surface area contributed by atoms with Crippen molar-refractivity contribution in [1.29, 1.82) is 0 Å². The molecule has 0 unspecified atom stereocenters. The van der Waals surface area contributed by atoms with Crippen LogP contribution in [-0.4, -0.2) is 24.1 Å². The zero-order valence-corrected chi connectivity index (χ0v) is 12.3. The van der Waals surface area contributed by atoms with Crippen molar-refractivity contribution in [2.45, 2.75) is 12.8 Å². The molecule has 2 rings (SSSR count). The number of aryl methyl sites for hydroxylation is 1. The zero-order chi connectivity index (χ0) is 15.2. The summed E-state index contributed by atoms with van der Waals surface area (Å²) in [7, 11) is 1.59. The molecule has 0 aliphatic carbocycles. The molecule has 2 N–H and O–H groups in total. The van der Waals surface area contributed by atoms with E-state index in [1.807, 2.05) is 24.3 Å². The summed E-state index contributed by atoms with van der Waals surface area (Å²) in [6.45, 7) is 0. The molecular weight excluding hydrogens is 290 g/mol. The summed E-state index contributed by atoms with van der Waals surface area (Å²) in [6.07, 6.45) is 0.789. The molecule has 110 valence electrons. The van der Waals surface area contributed by atoms with Crippen molar-refractivity contribution in [3.05, 3.63) is 46.2 Å². The van der Waals surface area contributed by atoms with Gasteiger partial charge in [-0.3, -0.25) is 4.79 Å². The van der Waals surface area contributed by atoms with Crippen LogP contribution in [0.4, 0.5) is 5.69 Å². The van der Waals surface area contributed by atoms with Crippen molar-refractivity contribution < 1.29 is 19.4 Å². The Kier molecular flexibility index (Phi) is 4.94.